The topological polar surface area (TPSA) is 29.5 Å². The van der Waals surface area contributed by atoms with Gasteiger partial charge in [0, 0.05) is 6.42 Å². The molecule has 1 heterocycles. The number of hydrogen-bond donors (Lipinski definition) is 1. The molecule has 90 valence electrons. The van der Waals surface area contributed by atoms with Gasteiger partial charge in [-0.05, 0) is 42.9 Å². The Hall–Kier alpha value is -1.28. The summed E-state index contributed by atoms with van der Waals surface area (Å²) in [5, 5.41) is 9.43. The van der Waals surface area contributed by atoms with E-state index in [-0.39, 0.29) is 6.10 Å². The minimum absolute atomic E-state index is 0.196. The third-order valence-corrected chi connectivity index (χ3v) is 3.68. The molecule has 0 fully saturated rings. The molecule has 1 aliphatic heterocycles. The van der Waals surface area contributed by atoms with Crippen LogP contribution in [0.15, 0.2) is 29.8 Å². The summed E-state index contributed by atoms with van der Waals surface area (Å²) in [4.78, 5) is 0. The number of benzene rings is 1. The first-order chi connectivity index (χ1) is 8.31. The lowest BCUT2D eigenvalue weighted by Crippen LogP contribution is -1.93. The molecule has 2 heteroatoms. The number of fused-ring (bicyclic) bond motifs is 1. The summed E-state index contributed by atoms with van der Waals surface area (Å²) < 4.78 is 5.50. The average Bonchev–Trinajstić information content (AvgIpc) is 2.94. The second-order valence-electron chi connectivity index (χ2n) is 4.97. The van der Waals surface area contributed by atoms with Crippen molar-refractivity contribution in [2.45, 2.75) is 38.2 Å². The highest BCUT2D eigenvalue weighted by atomic mass is 16.5. The van der Waals surface area contributed by atoms with Gasteiger partial charge in [0.15, 0.2) is 0 Å². The second kappa shape index (κ2) is 4.53. The maximum Gasteiger partial charge on any atom is 0.122 e. The third kappa shape index (κ3) is 2.37. The first-order valence-electron chi connectivity index (χ1n) is 6.43. The smallest absolute Gasteiger partial charge is 0.122 e. The van der Waals surface area contributed by atoms with Crippen molar-refractivity contribution in [3.05, 3.63) is 41.0 Å². The highest BCUT2D eigenvalue weighted by Gasteiger charge is 2.14. The van der Waals surface area contributed by atoms with E-state index in [9.17, 15) is 5.11 Å². The Bertz CT molecular complexity index is 448. The molecule has 1 N–H and O–H groups in total. The van der Waals surface area contributed by atoms with Gasteiger partial charge in [0.25, 0.3) is 0 Å². The van der Waals surface area contributed by atoms with Gasteiger partial charge in [0.05, 0.1) is 12.7 Å². The second-order valence-corrected chi connectivity index (χ2v) is 4.97. The molecule has 1 aromatic rings. The van der Waals surface area contributed by atoms with Crippen molar-refractivity contribution in [1.29, 1.82) is 0 Å². The zero-order valence-corrected chi connectivity index (χ0v) is 9.98. The maximum absolute atomic E-state index is 9.43. The lowest BCUT2D eigenvalue weighted by molar-refractivity contribution is 0.223. The van der Waals surface area contributed by atoms with Gasteiger partial charge >= 0.3 is 0 Å². The van der Waals surface area contributed by atoms with E-state index in [4.69, 9.17) is 4.74 Å². The minimum Gasteiger partial charge on any atom is -0.493 e. The fraction of sp³-hybridized carbons (Fsp3) is 0.467. The van der Waals surface area contributed by atoms with Crippen molar-refractivity contribution in [2.75, 3.05) is 6.61 Å². The molecule has 0 radical (unpaired) electrons. The molecular weight excluding hydrogens is 212 g/mol. The molecule has 0 aromatic heterocycles. The van der Waals surface area contributed by atoms with Gasteiger partial charge in [-0.1, -0.05) is 23.8 Å². The van der Waals surface area contributed by atoms with E-state index in [2.05, 4.69) is 18.2 Å². The zero-order valence-electron chi connectivity index (χ0n) is 9.98. The molecule has 0 amide bonds. The molecule has 2 aliphatic rings. The number of aliphatic hydroxyl groups is 1. The summed E-state index contributed by atoms with van der Waals surface area (Å²) >= 11 is 0. The van der Waals surface area contributed by atoms with Crippen LogP contribution < -0.4 is 4.74 Å². The first-order valence-corrected chi connectivity index (χ1v) is 6.43. The molecule has 1 unspecified atom stereocenters. The van der Waals surface area contributed by atoms with Crippen LogP contribution in [-0.4, -0.2) is 17.8 Å². The van der Waals surface area contributed by atoms with Crippen LogP contribution in [0.25, 0.3) is 0 Å². The number of allylic oxidation sites excluding steroid dienone is 1. The Morgan fingerprint density at radius 3 is 3.00 bits per heavy atom. The van der Waals surface area contributed by atoms with Crippen LogP contribution in [0.4, 0.5) is 0 Å². The fourth-order valence-corrected chi connectivity index (χ4v) is 2.68. The van der Waals surface area contributed by atoms with Crippen LogP contribution in [0.5, 0.6) is 5.75 Å². The molecule has 17 heavy (non-hydrogen) atoms. The zero-order chi connectivity index (χ0) is 11.7. The van der Waals surface area contributed by atoms with Gasteiger partial charge in [-0.2, -0.15) is 0 Å². The Morgan fingerprint density at radius 1 is 1.24 bits per heavy atom. The van der Waals surface area contributed by atoms with Gasteiger partial charge in [-0.25, -0.2) is 0 Å². The highest BCUT2D eigenvalue weighted by molar-refractivity contribution is 5.40. The SMILES string of the molecule is OC1C=C(CCc2ccc3c(c2)CCO3)CC1. The molecule has 1 aromatic carbocycles. The van der Waals surface area contributed by atoms with Crippen molar-refractivity contribution in [1.82, 2.24) is 0 Å². The van der Waals surface area contributed by atoms with E-state index in [1.54, 1.807) is 0 Å². The van der Waals surface area contributed by atoms with Gasteiger partial charge in [-0.3, -0.25) is 0 Å². The van der Waals surface area contributed by atoms with Crippen LogP contribution in [0.3, 0.4) is 0 Å². The van der Waals surface area contributed by atoms with E-state index < -0.39 is 0 Å². The van der Waals surface area contributed by atoms with Crippen molar-refractivity contribution in [3.63, 3.8) is 0 Å². The molecule has 0 bridgehead atoms. The minimum atomic E-state index is -0.196. The average molecular weight is 230 g/mol. The summed E-state index contributed by atoms with van der Waals surface area (Å²) in [6, 6.07) is 6.53. The Kier molecular flexibility index (Phi) is 2.89. The monoisotopic (exact) mass is 230 g/mol. The number of ether oxygens (including phenoxy) is 1. The van der Waals surface area contributed by atoms with Gasteiger partial charge in [0.1, 0.15) is 5.75 Å². The largest absolute Gasteiger partial charge is 0.493 e. The quantitative estimate of drug-likeness (QED) is 0.809. The van der Waals surface area contributed by atoms with Crippen molar-refractivity contribution >= 4 is 0 Å². The van der Waals surface area contributed by atoms with E-state index in [0.717, 1.165) is 44.5 Å². The van der Waals surface area contributed by atoms with E-state index in [0.29, 0.717) is 0 Å². The van der Waals surface area contributed by atoms with Gasteiger partial charge < -0.3 is 9.84 Å². The van der Waals surface area contributed by atoms with E-state index >= 15 is 0 Å². The molecule has 0 saturated carbocycles. The Morgan fingerprint density at radius 2 is 2.18 bits per heavy atom. The molecule has 2 nitrogen and oxygen atoms in total. The molecule has 1 atom stereocenters. The lowest BCUT2D eigenvalue weighted by Gasteiger charge is -2.05. The van der Waals surface area contributed by atoms with Crippen molar-refractivity contribution in [2.24, 2.45) is 0 Å². The molecule has 0 spiro atoms. The Balaban J connectivity index is 1.64. The highest BCUT2D eigenvalue weighted by Crippen LogP contribution is 2.28. The summed E-state index contributed by atoms with van der Waals surface area (Å²) in [5.74, 6) is 1.06. The molecule has 1 aliphatic carbocycles. The summed E-state index contributed by atoms with van der Waals surface area (Å²) in [6.45, 7) is 0.829. The third-order valence-electron chi connectivity index (χ3n) is 3.68. The van der Waals surface area contributed by atoms with E-state index in [1.165, 1.54) is 16.7 Å². The van der Waals surface area contributed by atoms with Crippen LogP contribution >= 0.6 is 0 Å². The predicted octanol–water partition coefficient (Wildman–Crippen LogP) is 2.64. The van der Waals surface area contributed by atoms with E-state index in [1.807, 2.05) is 6.08 Å². The van der Waals surface area contributed by atoms with Crippen molar-refractivity contribution < 1.29 is 9.84 Å². The van der Waals surface area contributed by atoms with Crippen molar-refractivity contribution in [3.8, 4) is 5.75 Å². The summed E-state index contributed by atoms with van der Waals surface area (Å²) in [6.07, 6.45) is 7.00. The maximum atomic E-state index is 9.43. The molecule has 3 rings (SSSR count). The van der Waals surface area contributed by atoms with Crippen LogP contribution in [0.1, 0.15) is 30.4 Å². The Labute approximate surface area is 102 Å². The molecule has 0 saturated heterocycles. The predicted molar refractivity (Wildman–Crippen MR) is 67.3 cm³/mol. The van der Waals surface area contributed by atoms with Crippen LogP contribution in [0, 0.1) is 0 Å². The number of aliphatic hydroxyl groups excluding tert-OH is 1. The van der Waals surface area contributed by atoms with Gasteiger partial charge in [0.2, 0.25) is 0 Å². The number of hydrogen-bond acceptors (Lipinski definition) is 2. The molecular formula is C15H18O2. The van der Waals surface area contributed by atoms with Crippen LogP contribution in [0.2, 0.25) is 0 Å². The summed E-state index contributed by atoms with van der Waals surface area (Å²) in [5.41, 5.74) is 4.15. The van der Waals surface area contributed by atoms with Crippen LogP contribution in [-0.2, 0) is 12.8 Å². The number of aryl methyl sites for hydroxylation is 1. The van der Waals surface area contributed by atoms with Gasteiger partial charge in [-0.15, -0.1) is 0 Å². The first kappa shape index (κ1) is 10.8. The standard InChI is InChI=1S/C15H18O2/c16-14-5-3-12(10-14)2-1-11-4-6-15-13(9-11)7-8-17-15/h4,6,9-10,14,16H,1-3,5,7-8H2. The lowest BCUT2D eigenvalue weighted by atomic mass is 10.0. The number of rotatable bonds is 3. The summed E-state index contributed by atoms with van der Waals surface area (Å²) in [7, 11) is 0. The normalized spacial score (nSPS) is 22.2. The fourth-order valence-electron chi connectivity index (χ4n) is 2.68.